The predicted molar refractivity (Wildman–Crippen MR) is 123 cm³/mol. The number of halogens is 1. The monoisotopic (exact) mass is 515 g/mol. The van der Waals surface area contributed by atoms with Crippen molar-refractivity contribution >= 4 is 24.5 Å². The quantitative estimate of drug-likeness (QED) is 0.290. The van der Waals surface area contributed by atoms with Crippen LogP contribution in [-0.4, -0.2) is 30.1 Å². The first-order chi connectivity index (χ1) is 13.7. The Kier molecular flexibility index (Phi) is 11.6. The first kappa shape index (κ1) is 26.3. The van der Waals surface area contributed by atoms with Crippen LogP contribution in [0.1, 0.15) is 89.7 Å². The summed E-state index contributed by atoms with van der Waals surface area (Å²) in [4.78, 5) is 12.8. The molecule has 1 amide bonds. The number of ether oxygens (including phenoxy) is 1. The second-order valence-corrected chi connectivity index (χ2v) is 23.0. The molecule has 166 valence electrons. The standard InChI is InChI=1S/C12H15FNO2.3C4H9.Sn/c1-12(2,3)16-11(15)14-8-9-4-6-10(13)7-5-9;3*1-3-4-2;/h4-8H,1-3H3,(H,14,15);3*1,3-4H2,2H3;. The average Bonchev–Trinajstić information content (AvgIpc) is 2.65. The van der Waals surface area contributed by atoms with Crippen LogP contribution in [-0.2, 0) is 4.74 Å². The van der Waals surface area contributed by atoms with Crippen molar-refractivity contribution in [3.05, 3.63) is 35.6 Å². The summed E-state index contributed by atoms with van der Waals surface area (Å²) >= 11 is -2.87. The van der Waals surface area contributed by atoms with Gasteiger partial charge >= 0.3 is 182 Å². The van der Waals surface area contributed by atoms with Gasteiger partial charge in [-0.25, -0.2) is 0 Å². The molecule has 1 aromatic rings. The summed E-state index contributed by atoms with van der Waals surface area (Å²) in [6.45, 7) is 12.4. The molecule has 0 aliphatic rings. The van der Waals surface area contributed by atoms with Crippen LogP contribution in [0.3, 0.4) is 0 Å². The van der Waals surface area contributed by atoms with Crippen LogP contribution in [0.2, 0.25) is 13.3 Å². The van der Waals surface area contributed by atoms with E-state index in [4.69, 9.17) is 4.74 Å². The molecule has 0 aromatic heterocycles. The number of unbranched alkanes of at least 4 members (excludes halogenated alkanes) is 3. The van der Waals surface area contributed by atoms with E-state index < -0.39 is 24.0 Å². The SMILES string of the molecule is CCC[CH2][Sn]([CH2]CCC)([CH2]CCC)[CH](NC(=O)OC(C)(C)C)c1ccc(F)cc1. The topological polar surface area (TPSA) is 38.3 Å². The summed E-state index contributed by atoms with van der Waals surface area (Å²) in [6.07, 6.45) is 6.77. The first-order valence-corrected chi connectivity index (χ1v) is 19.1. The minimum atomic E-state index is -2.87. The first-order valence-electron chi connectivity index (χ1n) is 11.4. The van der Waals surface area contributed by atoms with Gasteiger partial charge in [0, 0.05) is 0 Å². The molecule has 3 nitrogen and oxygen atoms in total. The Hall–Kier alpha value is -0.781. The summed E-state index contributed by atoms with van der Waals surface area (Å²) < 4.78 is 23.1. The molecule has 0 radical (unpaired) electrons. The van der Waals surface area contributed by atoms with E-state index in [2.05, 4.69) is 26.1 Å². The Morgan fingerprint density at radius 2 is 1.41 bits per heavy atom. The van der Waals surface area contributed by atoms with Crippen LogP contribution in [0, 0.1) is 5.82 Å². The molecule has 1 rings (SSSR count). The van der Waals surface area contributed by atoms with E-state index in [1.54, 1.807) is 0 Å². The number of benzene rings is 1. The van der Waals surface area contributed by atoms with Crippen molar-refractivity contribution in [3.63, 3.8) is 0 Å². The second kappa shape index (κ2) is 12.8. The molecule has 0 spiro atoms. The van der Waals surface area contributed by atoms with Crippen LogP contribution in [0.15, 0.2) is 24.3 Å². The van der Waals surface area contributed by atoms with Gasteiger partial charge in [0.2, 0.25) is 0 Å². The minimum absolute atomic E-state index is 0.0180. The fourth-order valence-electron chi connectivity index (χ4n) is 4.07. The number of carbonyl (C=O) groups excluding carboxylic acids is 1. The molecule has 1 unspecified atom stereocenters. The van der Waals surface area contributed by atoms with Gasteiger partial charge in [-0.15, -0.1) is 0 Å². The van der Waals surface area contributed by atoms with Crippen molar-refractivity contribution in [2.45, 2.75) is 103 Å². The van der Waals surface area contributed by atoms with Crippen LogP contribution in [0.4, 0.5) is 9.18 Å². The number of rotatable bonds is 12. The van der Waals surface area contributed by atoms with Crippen molar-refractivity contribution in [3.8, 4) is 0 Å². The number of nitrogens with one attached hydrogen (secondary N) is 1. The Morgan fingerprint density at radius 1 is 0.966 bits per heavy atom. The molecule has 5 heteroatoms. The molecule has 0 aliphatic carbocycles. The van der Waals surface area contributed by atoms with Crippen LogP contribution in [0.5, 0.6) is 0 Å². The van der Waals surface area contributed by atoms with Crippen molar-refractivity contribution in [2.75, 3.05) is 0 Å². The molecule has 0 saturated carbocycles. The summed E-state index contributed by atoms with van der Waals surface area (Å²) in [6, 6.07) is 6.78. The summed E-state index contributed by atoms with van der Waals surface area (Å²) in [7, 11) is 0. The fourth-order valence-corrected chi connectivity index (χ4v) is 21.5. The maximum absolute atomic E-state index is 13.6. The number of hydrogen-bond acceptors (Lipinski definition) is 2. The van der Waals surface area contributed by atoms with Gasteiger partial charge in [0.15, 0.2) is 0 Å². The van der Waals surface area contributed by atoms with E-state index in [1.807, 2.05) is 32.9 Å². The van der Waals surface area contributed by atoms with Crippen LogP contribution in [0.25, 0.3) is 0 Å². The van der Waals surface area contributed by atoms with Gasteiger partial charge in [-0.1, -0.05) is 0 Å². The number of carbonyl (C=O) groups is 1. The third-order valence-electron chi connectivity index (χ3n) is 5.56. The molecule has 1 N–H and O–H groups in total. The molecule has 0 heterocycles. The van der Waals surface area contributed by atoms with Gasteiger partial charge in [-0.3, -0.25) is 0 Å². The van der Waals surface area contributed by atoms with Gasteiger partial charge in [0.1, 0.15) is 0 Å². The molecule has 1 atom stereocenters. The van der Waals surface area contributed by atoms with Gasteiger partial charge in [-0.2, -0.15) is 0 Å². The van der Waals surface area contributed by atoms with E-state index in [9.17, 15) is 9.18 Å². The van der Waals surface area contributed by atoms with Crippen molar-refractivity contribution < 1.29 is 13.9 Å². The van der Waals surface area contributed by atoms with E-state index in [-0.39, 0.29) is 16.0 Å². The molecular weight excluding hydrogens is 472 g/mol. The van der Waals surface area contributed by atoms with E-state index >= 15 is 0 Å². The van der Waals surface area contributed by atoms with Gasteiger partial charge in [0.05, 0.1) is 0 Å². The third kappa shape index (κ3) is 9.27. The molecular formula is C24H42FNO2Sn. The maximum atomic E-state index is 13.6. The van der Waals surface area contributed by atoms with E-state index in [0.717, 1.165) is 5.56 Å². The summed E-state index contributed by atoms with van der Waals surface area (Å²) in [5.41, 5.74) is 0.516. The van der Waals surface area contributed by atoms with Crippen LogP contribution >= 0.6 is 0 Å². The zero-order valence-electron chi connectivity index (χ0n) is 19.4. The normalized spacial score (nSPS) is 13.2. The second-order valence-electron chi connectivity index (χ2n) is 9.30. The van der Waals surface area contributed by atoms with E-state index in [0.29, 0.717) is 0 Å². The number of amides is 1. The van der Waals surface area contributed by atoms with E-state index in [1.165, 1.54) is 64.0 Å². The molecule has 0 saturated heterocycles. The third-order valence-corrected chi connectivity index (χ3v) is 22.0. The van der Waals surface area contributed by atoms with Crippen LogP contribution < -0.4 is 5.32 Å². The van der Waals surface area contributed by atoms with Crippen molar-refractivity contribution in [1.29, 1.82) is 0 Å². The molecule has 1 aromatic carbocycles. The molecule has 0 bridgehead atoms. The molecule has 29 heavy (non-hydrogen) atoms. The van der Waals surface area contributed by atoms with Crippen molar-refractivity contribution in [1.82, 2.24) is 5.32 Å². The van der Waals surface area contributed by atoms with Gasteiger partial charge < -0.3 is 0 Å². The number of hydrogen-bond donors (Lipinski definition) is 1. The van der Waals surface area contributed by atoms with Gasteiger partial charge in [-0.05, 0) is 0 Å². The summed E-state index contributed by atoms with van der Waals surface area (Å²) in [5.74, 6) is -0.235. The number of alkyl carbamates (subject to hydrolysis) is 1. The Balaban J connectivity index is 3.37. The zero-order chi connectivity index (χ0) is 21.9. The Bertz CT molecular complexity index is 576. The summed E-state index contributed by atoms with van der Waals surface area (Å²) in [5, 5.41) is 3.29. The molecule has 0 aliphatic heterocycles. The molecule has 0 fully saturated rings. The van der Waals surface area contributed by atoms with Crippen molar-refractivity contribution in [2.24, 2.45) is 0 Å². The Labute approximate surface area is 182 Å². The fraction of sp³-hybridized carbons (Fsp3) is 0.708. The Morgan fingerprint density at radius 3 is 1.79 bits per heavy atom. The zero-order valence-corrected chi connectivity index (χ0v) is 22.3. The average molecular weight is 514 g/mol. The van der Waals surface area contributed by atoms with Gasteiger partial charge in [0.25, 0.3) is 0 Å². The predicted octanol–water partition coefficient (Wildman–Crippen LogP) is 7.78.